The van der Waals surface area contributed by atoms with Crippen molar-refractivity contribution in [1.82, 2.24) is 4.98 Å². The van der Waals surface area contributed by atoms with E-state index in [2.05, 4.69) is 4.98 Å². The van der Waals surface area contributed by atoms with Crippen LogP contribution in [-0.2, 0) is 13.0 Å². The molecule has 0 aliphatic heterocycles. The lowest BCUT2D eigenvalue weighted by molar-refractivity contribution is 0.305. The number of H-pyrrole nitrogens is 1. The van der Waals surface area contributed by atoms with E-state index in [0.717, 1.165) is 39.7 Å². The van der Waals surface area contributed by atoms with Gasteiger partial charge >= 0.3 is 4.87 Å². The molecule has 1 heterocycles. The van der Waals surface area contributed by atoms with E-state index in [4.69, 9.17) is 9.47 Å². The molecule has 146 valence electrons. The fourth-order valence-corrected chi connectivity index (χ4v) is 3.61. The van der Waals surface area contributed by atoms with E-state index in [0.29, 0.717) is 17.9 Å². The Morgan fingerprint density at radius 1 is 0.828 bits per heavy atom. The summed E-state index contributed by atoms with van der Waals surface area (Å²) in [5, 5.41) is 9.69. The van der Waals surface area contributed by atoms with Crippen LogP contribution in [0.4, 0.5) is 0 Å². The lowest BCUT2D eigenvalue weighted by Gasteiger charge is -2.10. The van der Waals surface area contributed by atoms with E-state index in [1.165, 1.54) is 0 Å². The Labute approximate surface area is 171 Å². The highest BCUT2D eigenvalue weighted by Gasteiger charge is 2.08. The topological polar surface area (TPSA) is 71.6 Å². The smallest absolute Gasteiger partial charge is 0.307 e. The van der Waals surface area contributed by atoms with Crippen molar-refractivity contribution in [3.63, 3.8) is 0 Å². The van der Waals surface area contributed by atoms with Gasteiger partial charge in [-0.1, -0.05) is 53.8 Å². The van der Waals surface area contributed by atoms with Crippen molar-refractivity contribution >= 4 is 11.3 Å². The molecule has 0 amide bonds. The third kappa shape index (κ3) is 5.06. The van der Waals surface area contributed by atoms with Gasteiger partial charge in [-0.3, -0.25) is 9.78 Å². The summed E-state index contributed by atoms with van der Waals surface area (Å²) in [6.07, 6.45) is 0.494. The van der Waals surface area contributed by atoms with E-state index in [1.807, 2.05) is 78.9 Å². The van der Waals surface area contributed by atoms with Gasteiger partial charge in [0.1, 0.15) is 23.9 Å². The number of ether oxygens (including phenoxy) is 2. The van der Waals surface area contributed by atoms with Crippen LogP contribution in [0, 0.1) is 0 Å². The minimum Gasteiger partial charge on any atom is -0.494 e. The van der Waals surface area contributed by atoms with Crippen molar-refractivity contribution in [3.8, 4) is 23.1 Å². The summed E-state index contributed by atoms with van der Waals surface area (Å²) in [5.41, 5.74) is 1.99. The third-order valence-electron chi connectivity index (χ3n) is 4.27. The van der Waals surface area contributed by atoms with Crippen LogP contribution in [-0.4, -0.2) is 10.1 Å². The quantitative estimate of drug-likeness (QED) is 0.448. The van der Waals surface area contributed by atoms with Gasteiger partial charge in [0.05, 0.1) is 4.88 Å². The number of aromatic hydroxyl groups is 1. The Morgan fingerprint density at radius 3 is 2.31 bits per heavy atom. The highest BCUT2D eigenvalue weighted by atomic mass is 32.1. The standard InChI is InChI=1S/C23H19NO4S/c25-22-21(29-23(26)24-22)14-16-9-11-18(12-10-16)27-15-17-5-4-8-20(13-17)28-19-6-2-1-3-7-19/h1-13,25H,14-15H2,(H,24,26). The van der Waals surface area contributed by atoms with Crippen LogP contribution in [0.5, 0.6) is 23.1 Å². The molecule has 0 saturated carbocycles. The molecule has 4 aromatic rings. The molecule has 0 fully saturated rings. The normalized spacial score (nSPS) is 10.6. The fourth-order valence-electron chi connectivity index (χ4n) is 2.85. The van der Waals surface area contributed by atoms with E-state index in [-0.39, 0.29) is 10.8 Å². The molecule has 0 aliphatic rings. The maximum atomic E-state index is 11.3. The van der Waals surface area contributed by atoms with Gasteiger partial charge in [-0.2, -0.15) is 0 Å². The summed E-state index contributed by atoms with van der Waals surface area (Å²) in [4.78, 5) is 14.0. The van der Waals surface area contributed by atoms with Gasteiger partial charge in [0, 0.05) is 6.42 Å². The summed E-state index contributed by atoms with van der Waals surface area (Å²) in [7, 11) is 0. The highest BCUT2D eigenvalue weighted by molar-refractivity contribution is 7.09. The summed E-state index contributed by atoms with van der Waals surface area (Å²) in [6.45, 7) is 0.422. The van der Waals surface area contributed by atoms with Gasteiger partial charge < -0.3 is 14.6 Å². The van der Waals surface area contributed by atoms with Crippen molar-refractivity contribution in [2.75, 3.05) is 0 Å². The molecular formula is C23H19NO4S. The number of aromatic amines is 1. The Bertz CT molecular complexity index is 1130. The maximum absolute atomic E-state index is 11.3. The van der Waals surface area contributed by atoms with Gasteiger partial charge in [-0.05, 0) is 47.5 Å². The molecule has 0 saturated heterocycles. The highest BCUT2D eigenvalue weighted by Crippen LogP contribution is 2.24. The molecule has 4 rings (SSSR count). The Balaban J connectivity index is 1.36. The van der Waals surface area contributed by atoms with Crippen LogP contribution in [0.1, 0.15) is 16.0 Å². The zero-order valence-corrected chi connectivity index (χ0v) is 16.3. The molecule has 0 spiro atoms. The average Bonchev–Trinajstić information content (AvgIpc) is 3.05. The molecule has 0 bridgehead atoms. The fraction of sp³-hybridized carbons (Fsp3) is 0.0870. The third-order valence-corrected chi connectivity index (χ3v) is 5.14. The van der Waals surface area contributed by atoms with E-state index < -0.39 is 0 Å². The number of hydrogen-bond donors (Lipinski definition) is 2. The van der Waals surface area contributed by atoms with Gasteiger partial charge in [-0.25, -0.2) is 0 Å². The summed E-state index contributed by atoms with van der Waals surface area (Å²) in [6, 6.07) is 25.1. The van der Waals surface area contributed by atoms with E-state index in [9.17, 15) is 9.90 Å². The molecule has 2 N–H and O–H groups in total. The van der Waals surface area contributed by atoms with Crippen LogP contribution in [0.3, 0.4) is 0 Å². The predicted molar refractivity (Wildman–Crippen MR) is 113 cm³/mol. The number of thiazole rings is 1. The van der Waals surface area contributed by atoms with Gasteiger partial charge in [0.25, 0.3) is 0 Å². The first-order valence-electron chi connectivity index (χ1n) is 9.10. The monoisotopic (exact) mass is 405 g/mol. The Hall–Kier alpha value is -3.51. The molecule has 0 radical (unpaired) electrons. The van der Waals surface area contributed by atoms with Crippen molar-refractivity contribution in [2.24, 2.45) is 0 Å². The Morgan fingerprint density at radius 2 is 1.59 bits per heavy atom. The number of para-hydroxylation sites is 1. The molecule has 1 aromatic heterocycles. The number of nitrogens with one attached hydrogen (secondary N) is 1. The van der Waals surface area contributed by atoms with Crippen molar-refractivity contribution in [1.29, 1.82) is 0 Å². The Kier molecular flexibility index (Phi) is 5.63. The molecular weight excluding hydrogens is 386 g/mol. The van der Waals surface area contributed by atoms with Crippen LogP contribution in [0.2, 0.25) is 0 Å². The number of rotatable bonds is 7. The van der Waals surface area contributed by atoms with Gasteiger partial charge in [0.2, 0.25) is 5.88 Å². The second-order valence-electron chi connectivity index (χ2n) is 6.46. The number of aromatic nitrogens is 1. The molecule has 5 nitrogen and oxygen atoms in total. The summed E-state index contributed by atoms with van der Waals surface area (Å²) in [5.74, 6) is 2.24. The first kappa shape index (κ1) is 18.8. The average molecular weight is 405 g/mol. The molecule has 0 aliphatic carbocycles. The van der Waals surface area contributed by atoms with Crippen LogP contribution in [0.25, 0.3) is 0 Å². The second-order valence-corrected chi connectivity index (χ2v) is 7.53. The van der Waals surface area contributed by atoms with Crippen LogP contribution < -0.4 is 14.3 Å². The zero-order chi connectivity index (χ0) is 20.1. The molecule has 29 heavy (non-hydrogen) atoms. The molecule has 3 aromatic carbocycles. The van der Waals surface area contributed by atoms with E-state index >= 15 is 0 Å². The molecule has 0 atom stereocenters. The lowest BCUT2D eigenvalue weighted by Crippen LogP contribution is -1.96. The zero-order valence-electron chi connectivity index (χ0n) is 15.5. The lowest BCUT2D eigenvalue weighted by atomic mass is 10.1. The minimum absolute atomic E-state index is 0.0575. The van der Waals surface area contributed by atoms with Crippen LogP contribution in [0.15, 0.2) is 83.7 Å². The first-order valence-corrected chi connectivity index (χ1v) is 9.92. The second kappa shape index (κ2) is 8.67. The van der Waals surface area contributed by atoms with Crippen molar-refractivity contribution in [3.05, 3.63) is 105 Å². The predicted octanol–water partition coefficient (Wildman–Crippen LogP) is 5.10. The van der Waals surface area contributed by atoms with E-state index in [1.54, 1.807) is 0 Å². The largest absolute Gasteiger partial charge is 0.494 e. The van der Waals surface area contributed by atoms with Crippen molar-refractivity contribution in [2.45, 2.75) is 13.0 Å². The first-order chi connectivity index (χ1) is 14.2. The minimum atomic E-state index is -0.254. The SMILES string of the molecule is O=c1[nH]c(O)c(Cc2ccc(OCc3cccc(Oc4ccccc4)c3)cc2)s1. The van der Waals surface area contributed by atoms with Crippen LogP contribution >= 0.6 is 11.3 Å². The number of benzene rings is 3. The summed E-state index contributed by atoms with van der Waals surface area (Å²) >= 11 is 1.02. The molecule has 6 heteroatoms. The van der Waals surface area contributed by atoms with Gasteiger partial charge in [0.15, 0.2) is 0 Å². The summed E-state index contributed by atoms with van der Waals surface area (Å²) < 4.78 is 11.7. The number of hydrogen-bond acceptors (Lipinski definition) is 5. The van der Waals surface area contributed by atoms with Gasteiger partial charge in [-0.15, -0.1) is 0 Å². The maximum Gasteiger partial charge on any atom is 0.307 e. The molecule has 0 unspecified atom stereocenters. The van der Waals surface area contributed by atoms with Crippen molar-refractivity contribution < 1.29 is 14.6 Å².